The first-order chi connectivity index (χ1) is 7.58. The molecule has 6 heteroatoms. The number of carbonyl (C=O) groups is 1. The van der Waals surface area contributed by atoms with Gasteiger partial charge in [0.05, 0.1) is 5.52 Å². The van der Waals surface area contributed by atoms with Crippen molar-refractivity contribution in [2.75, 3.05) is 0 Å². The van der Waals surface area contributed by atoms with Crippen LogP contribution in [0.1, 0.15) is 24.5 Å². The lowest BCUT2D eigenvalue weighted by molar-refractivity contribution is 0.0934. The third-order valence-electron chi connectivity index (χ3n) is 1.99. The quantitative estimate of drug-likeness (QED) is 0.783. The van der Waals surface area contributed by atoms with Crippen LogP contribution in [0, 0.1) is 0 Å². The number of imidazole rings is 1. The molecule has 0 atom stereocenters. The molecule has 2 N–H and O–H groups in total. The third-order valence-corrected chi connectivity index (χ3v) is 2.27. The molecule has 84 valence electrons. The van der Waals surface area contributed by atoms with Gasteiger partial charge in [-0.25, -0.2) is 9.97 Å². The van der Waals surface area contributed by atoms with Crippen molar-refractivity contribution < 1.29 is 4.79 Å². The minimum absolute atomic E-state index is 0.0642. The van der Waals surface area contributed by atoms with Crippen molar-refractivity contribution in [3.05, 3.63) is 23.2 Å². The molecule has 0 aliphatic heterocycles. The molecule has 0 bridgehead atoms. The van der Waals surface area contributed by atoms with Crippen LogP contribution < -0.4 is 5.32 Å². The van der Waals surface area contributed by atoms with Gasteiger partial charge in [0.15, 0.2) is 11.0 Å². The Morgan fingerprint density at radius 3 is 2.94 bits per heavy atom. The molecule has 0 aromatic carbocycles. The van der Waals surface area contributed by atoms with Crippen LogP contribution in [0.5, 0.6) is 0 Å². The minimum atomic E-state index is -0.248. The number of aromatic nitrogens is 3. The van der Waals surface area contributed by atoms with Crippen molar-refractivity contribution in [2.24, 2.45) is 0 Å². The summed E-state index contributed by atoms with van der Waals surface area (Å²) < 4.78 is 0. The Kier molecular flexibility index (Phi) is 2.78. The molecule has 0 aliphatic carbocycles. The van der Waals surface area contributed by atoms with Crippen LogP contribution in [0.3, 0.4) is 0 Å². The number of hydrogen-bond acceptors (Lipinski definition) is 3. The number of pyridine rings is 1. The highest BCUT2D eigenvalue weighted by molar-refractivity contribution is 6.33. The molecular formula is C10H11ClN4O. The standard InChI is InChI=1S/C10H11ClN4O/c1-5(2)13-10(16)9-14-6-3-4-12-8(11)7(6)15-9/h3-5H,1-2H3,(H,13,16)(H,14,15). The van der Waals surface area contributed by atoms with Crippen molar-refractivity contribution in [3.8, 4) is 0 Å². The number of rotatable bonds is 2. The van der Waals surface area contributed by atoms with E-state index in [1.807, 2.05) is 13.8 Å². The summed E-state index contributed by atoms with van der Waals surface area (Å²) in [5.41, 5.74) is 1.21. The Labute approximate surface area is 97.2 Å². The second-order valence-corrected chi connectivity index (χ2v) is 4.07. The second-order valence-electron chi connectivity index (χ2n) is 3.71. The Hall–Kier alpha value is -1.62. The predicted molar refractivity (Wildman–Crippen MR) is 61.5 cm³/mol. The van der Waals surface area contributed by atoms with Crippen molar-refractivity contribution in [2.45, 2.75) is 19.9 Å². The van der Waals surface area contributed by atoms with Gasteiger partial charge >= 0.3 is 0 Å². The molecule has 2 rings (SSSR count). The highest BCUT2D eigenvalue weighted by Crippen LogP contribution is 2.18. The van der Waals surface area contributed by atoms with E-state index in [1.54, 1.807) is 12.3 Å². The summed E-state index contributed by atoms with van der Waals surface area (Å²) in [7, 11) is 0. The van der Waals surface area contributed by atoms with Crippen LogP contribution >= 0.6 is 11.6 Å². The van der Waals surface area contributed by atoms with Gasteiger partial charge in [0.1, 0.15) is 5.52 Å². The number of carbonyl (C=O) groups excluding carboxylic acids is 1. The Balaban J connectivity index is 2.40. The molecule has 0 spiro atoms. The number of hydrogen-bond donors (Lipinski definition) is 2. The normalized spacial score (nSPS) is 11.0. The summed E-state index contributed by atoms with van der Waals surface area (Å²) in [4.78, 5) is 22.6. The Morgan fingerprint density at radius 2 is 2.31 bits per heavy atom. The average molecular weight is 239 g/mol. The Morgan fingerprint density at radius 1 is 1.56 bits per heavy atom. The van der Waals surface area contributed by atoms with Gasteiger partial charge < -0.3 is 10.3 Å². The molecule has 2 aromatic rings. The molecule has 0 fully saturated rings. The lowest BCUT2D eigenvalue weighted by Gasteiger charge is -2.04. The van der Waals surface area contributed by atoms with E-state index in [0.717, 1.165) is 0 Å². The maximum Gasteiger partial charge on any atom is 0.287 e. The van der Waals surface area contributed by atoms with Gasteiger partial charge in [0.25, 0.3) is 5.91 Å². The second kappa shape index (κ2) is 4.09. The number of nitrogens with one attached hydrogen (secondary N) is 2. The predicted octanol–water partition coefficient (Wildman–Crippen LogP) is 1.75. The highest BCUT2D eigenvalue weighted by Gasteiger charge is 2.13. The van der Waals surface area contributed by atoms with Gasteiger partial charge in [0, 0.05) is 12.2 Å². The van der Waals surface area contributed by atoms with E-state index in [-0.39, 0.29) is 22.9 Å². The van der Waals surface area contributed by atoms with Crippen molar-refractivity contribution in [1.82, 2.24) is 20.3 Å². The van der Waals surface area contributed by atoms with Crippen LogP contribution in [-0.2, 0) is 0 Å². The molecule has 2 heterocycles. The number of fused-ring (bicyclic) bond motifs is 1. The van der Waals surface area contributed by atoms with Crippen LogP contribution in [0.4, 0.5) is 0 Å². The molecule has 0 saturated carbocycles. The molecule has 0 saturated heterocycles. The summed E-state index contributed by atoms with van der Waals surface area (Å²) >= 11 is 5.86. The molecular weight excluding hydrogens is 228 g/mol. The largest absolute Gasteiger partial charge is 0.347 e. The first-order valence-corrected chi connectivity index (χ1v) is 5.27. The van der Waals surface area contributed by atoms with Gasteiger partial charge in [-0.15, -0.1) is 0 Å². The molecule has 1 amide bonds. The summed E-state index contributed by atoms with van der Waals surface area (Å²) in [5.74, 6) is 0.000802. The minimum Gasteiger partial charge on any atom is -0.347 e. The van der Waals surface area contributed by atoms with Crippen molar-refractivity contribution in [3.63, 3.8) is 0 Å². The number of H-pyrrole nitrogens is 1. The number of amides is 1. The molecule has 0 aliphatic rings. The summed E-state index contributed by atoms with van der Waals surface area (Å²) in [6, 6.07) is 1.79. The first kappa shape index (κ1) is 10.9. The zero-order valence-electron chi connectivity index (χ0n) is 8.91. The topological polar surface area (TPSA) is 70.7 Å². The fourth-order valence-electron chi connectivity index (χ4n) is 1.34. The van der Waals surface area contributed by atoms with Gasteiger partial charge in [-0.1, -0.05) is 11.6 Å². The molecule has 2 aromatic heterocycles. The van der Waals surface area contributed by atoms with Gasteiger partial charge in [-0.2, -0.15) is 0 Å². The van der Waals surface area contributed by atoms with Crippen LogP contribution in [-0.4, -0.2) is 26.9 Å². The number of nitrogens with zero attached hydrogens (tertiary/aromatic N) is 2. The molecule has 16 heavy (non-hydrogen) atoms. The Bertz CT molecular complexity index is 535. The third kappa shape index (κ3) is 1.99. The number of halogens is 1. The molecule has 0 unspecified atom stereocenters. The van der Waals surface area contributed by atoms with E-state index in [2.05, 4.69) is 20.3 Å². The van der Waals surface area contributed by atoms with Crippen molar-refractivity contribution in [1.29, 1.82) is 0 Å². The smallest absolute Gasteiger partial charge is 0.287 e. The fourth-order valence-corrected chi connectivity index (χ4v) is 1.54. The van der Waals surface area contributed by atoms with Gasteiger partial charge in [-0.05, 0) is 19.9 Å². The zero-order valence-corrected chi connectivity index (χ0v) is 9.67. The average Bonchev–Trinajstić information content (AvgIpc) is 2.61. The lowest BCUT2D eigenvalue weighted by Crippen LogP contribution is -2.30. The number of aromatic amines is 1. The van der Waals surface area contributed by atoms with E-state index in [9.17, 15) is 4.79 Å². The van der Waals surface area contributed by atoms with Crippen LogP contribution in [0.2, 0.25) is 5.15 Å². The highest BCUT2D eigenvalue weighted by atomic mass is 35.5. The first-order valence-electron chi connectivity index (χ1n) is 4.89. The maximum absolute atomic E-state index is 11.7. The summed E-state index contributed by atoms with van der Waals surface area (Å²) in [6.45, 7) is 3.77. The van der Waals surface area contributed by atoms with Gasteiger partial charge in [0.2, 0.25) is 0 Å². The van der Waals surface area contributed by atoms with Crippen LogP contribution in [0.15, 0.2) is 12.3 Å². The maximum atomic E-state index is 11.7. The molecule has 0 radical (unpaired) electrons. The zero-order chi connectivity index (χ0) is 11.7. The van der Waals surface area contributed by atoms with E-state index >= 15 is 0 Å². The fraction of sp³-hybridized carbons (Fsp3) is 0.300. The lowest BCUT2D eigenvalue weighted by atomic mass is 10.4. The van der Waals surface area contributed by atoms with Crippen molar-refractivity contribution >= 4 is 28.5 Å². The summed E-state index contributed by atoms with van der Waals surface area (Å²) in [5, 5.41) is 3.03. The van der Waals surface area contributed by atoms with Crippen LogP contribution in [0.25, 0.3) is 11.0 Å². The van der Waals surface area contributed by atoms with E-state index in [0.29, 0.717) is 11.0 Å². The SMILES string of the molecule is CC(C)NC(=O)c1nc2c(Cl)nccc2[nH]1. The van der Waals surface area contributed by atoms with E-state index in [4.69, 9.17) is 11.6 Å². The monoisotopic (exact) mass is 238 g/mol. The van der Waals surface area contributed by atoms with E-state index < -0.39 is 0 Å². The van der Waals surface area contributed by atoms with Gasteiger partial charge in [-0.3, -0.25) is 4.79 Å². The molecule has 5 nitrogen and oxygen atoms in total. The van der Waals surface area contributed by atoms with E-state index in [1.165, 1.54) is 0 Å². The summed E-state index contributed by atoms with van der Waals surface area (Å²) in [6.07, 6.45) is 1.56.